The molecular formula is C19H24N2O3. The molecule has 1 aromatic carbocycles. The van der Waals surface area contributed by atoms with Gasteiger partial charge in [-0.1, -0.05) is 12.1 Å². The number of carbonyl (C=O) groups is 1. The lowest BCUT2D eigenvalue weighted by molar-refractivity contribution is -0.130. The van der Waals surface area contributed by atoms with Crippen LogP contribution in [0.5, 0.6) is 0 Å². The number of rotatable bonds is 6. The molecule has 1 saturated heterocycles. The smallest absolute Gasteiger partial charge is 0.223 e. The molecule has 1 amide bonds. The van der Waals surface area contributed by atoms with E-state index in [0.29, 0.717) is 19.4 Å². The van der Waals surface area contributed by atoms with Gasteiger partial charge in [0.1, 0.15) is 5.76 Å². The molecule has 0 radical (unpaired) electrons. The van der Waals surface area contributed by atoms with Gasteiger partial charge in [0.05, 0.1) is 19.5 Å². The lowest BCUT2D eigenvalue weighted by atomic mass is 10.1. The van der Waals surface area contributed by atoms with E-state index < -0.39 is 0 Å². The second kappa shape index (κ2) is 8.02. The van der Waals surface area contributed by atoms with Crippen molar-refractivity contribution in [3.63, 3.8) is 0 Å². The average molecular weight is 328 g/mol. The Labute approximate surface area is 142 Å². The van der Waals surface area contributed by atoms with Crippen LogP contribution in [0.3, 0.4) is 0 Å². The summed E-state index contributed by atoms with van der Waals surface area (Å²) in [5.74, 6) is 0.982. The molecule has 1 aromatic heterocycles. The van der Waals surface area contributed by atoms with Gasteiger partial charge in [0, 0.05) is 45.2 Å². The molecule has 0 bridgehead atoms. The molecule has 24 heavy (non-hydrogen) atoms. The van der Waals surface area contributed by atoms with E-state index >= 15 is 0 Å². The molecule has 0 atom stereocenters. The van der Waals surface area contributed by atoms with E-state index in [4.69, 9.17) is 9.15 Å². The maximum atomic E-state index is 12.2. The molecule has 0 spiro atoms. The van der Waals surface area contributed by atoms with Gasteiger partial charge in [0.25, 0.3) is 0 Å². The average Bonchev–Trinajstić information content (AvgIpc) is 3.14. The molecule has 128 valence electrons. The van der Waals surface area contributed by atoms with E-state index in [1.807, 2.05) is 19.2 Å². The van der Waals surface area contributed by atoms with Crippen molar-refractivity contribution in [2.45, 2.75) is 19.4 Å². The van der Waals surface area contributed by atoms with E-state index in [0.717, 1.165) is 37.6 Å². The highest BCUT2D eigenvalue weighted by Crippen LogP contribution is 2.17. The van der Waals surface area contributed by atoms with Gasteiger partial charge in [-0.2, -0.15) is 0 Å². The predicted octanol–water partition coefficient (Wildman–Crippen LogP) is 2.71. The quantitative estimate of drug-likeness (QED) is 0.818. The molecule has 3 rings (SSSR count). The van der Waals surface area contributed by atoms with Gasteiger partial charge >= 0.3 is 0 Å². The molecule has 5 heteroatoms. The Bertz CT molecular complexity index is 631. The van der Waals surface area contributed by atoms with Crippen LogP contribution in [-0.4, -0.2) is 44.2 Å². The van der Waals surface area contributed by atoms with Gasteiger partial charge in [0.2, 0.25) is 5.91 Å². The highest BCUT2D eigenvalue weighted by Gasteiger charge is 2.13. The Balaban J connectivity index is 1.50. The van der Waals surface area contributed by atoms with Crippen LogP contribution in [0.15, 0.2) is 47.1 Å². The van der Waals surface area contributed by atoms with Crippen molar-refractivity contribution < 1.29 is 13.9 Å². The van der Waals surface area contributed by atoms with Crippen LogP contribution in [0.2, 0.25) is 0 Å². The van der Waals surface area contributed by atoms with Crippen LogP contribution in [0.25, 0.3) is 0 Å². The maximum Gasteiger partial charge on any atom is 0.223 e. The fraction of sp³-hybridized carbons (Fsp3) is 0.421. The second-order valence-corrected chi connectivity index (χ2v) is 6.10. The summed E-state index contributed by atoms with van der Waals surface area (Å²) < 4.78 is 10.6. The van der Waals surface area contributed by atoms with Crippen molar-refractivity contribution in [1.29, 1.82) is 0 Å². The topological polar surface area (TPSA) is 45.9 Å². The van der Waals surface area contributed by atoms with Gasteiger partial charge in [-0.3, -0.25) is 4.79 Å². The number of benzene rings is 1. The number of hydrogen-bond donors (Lipinski definition) is 0. The standard InChI is InChI=1S/C19H24N2O3/c1-20(19(22)9-8-18-3-2-12-24-18)15-16-4-6-17(7-5-16)21-10-13-23-14-11-21/h2-7,12H,8-11,13-15H2,1H3. The molecule has 2 heterocycles. The molecule has 1 fully saturated rings. The zero-order valence-electron chi connectivity index (χ0n) is 14.1. The molecule has 0 aliphatic carbocycles. The summed E-state index contributed by atoms with van der Waals surface area (Å²) in [5, 5.41) is 0. The molecule has 1 aliphatic heterocycles. The summed E-state index contributed by atoms with van der Waals surface area (Å²) in [6.07, 6.45) is 2.75. The van der Waals surface area contributed by atoms with Crippen molar-refractivity contribution in [3.8, 4) is 0 Å². The predicted molar refractivity (Wildman–Crippen MR) is 93.0 cm³/mol. The first-order valence-corrected chi connectivity index (χ1v) is 8.40. The largest absolute Gasteiger partial charge is 0.469 e. The molecule has 0 unspecified atom stereocenters. The number of carbonyl (C=O) groups excluding carboxylic acids is 1. The van der Waals surface area contributed by atoms with E-state index in [1.54, 1.807) is 11.2 Å². The number of ether oxygens (including phenoxy) is 1. The molecule has 2 aromatic rings. The number of morpholine rings is 1. The Morgan fingerprint density at radius 2 is 1.92 bits per heavy atom. The first-order chi connectivity index (χ1) is 11.7. The van der Waals surface area contributed by atoms with E-state index in [2.05, 4.69) is 29.2 Å². The first kappa shape index (κ1) is 16.6. The van der Waals surface area contributed by atoms with Crippen LogP contribution >= 0.6 is 0 Å². The zero-order chi connectivity index (χ0) is 16.8. The van der Waals surface area contributed by atoms with Crippen molar-refractivity contribution >= 4 is 11.6 Å². The summed E-state index contributed by atoms with van der Waals surface area (Å²) in [6, 6.07) is 12.2. The minimum atomic E-state index is 0.128. The minimum absolute atomic E-state index is 0.128. The lowest BCUT2D eigenvalue weighted by Crippen LogP contribution is -2.36. The normalized spacial score (nSPS) is 14.6. The van der Waals surface area contributed by atoms with Crippen LogP contribution in [0.4, 0.5) is 5.69 Å². The highest BCUT2D eigenvalue weighted by atomic mass is 16.5. The lowest BCUT2D eigenvalue weighted by Gasteiger charge is -2.29. The number of hydrogen-bond acceptors (Lipinski definition) is 4. The summed E-state index contributed by atoms with van der Waals surface area (Å²) in [4.78, 5) is 16.3. The third-order valence-electron chi connectivity index (χ3n) is 4.32. The summed E-state index contributed by atoms with van der Waals surface area (Å²) >= 11 is 0. The van der Waals surface area contributed by atoms with Crippen molar-refractivity contribution in [3.05, 3.63) is 54.0 Å². The number of amides is 1. The highest BCUT2D eigenvalue weighted by molar-refractivity contribution is 5.76. The van der Waals surface area contributed by atoms with Crippen molar-refractivity contribution in [2.24, 2.45) is 0 Å². The summed E-state index contributed by atoms with van der Waals surface area (Å²) in [5.41, 5.74) is 2.36. The minimum Gasteiger partial charge on any atom is -0.469 e. The SMILES string of the molecule is CN(Cc1ccc(N2CCOCC2)cc1)C(=O)CCc1ccco1. The monoisotopic (exact) mass is 328 g/mol. The zero-order valence-corrected chi connectivity index (χ0v) is 14.1. The van der Waals surface area contributed by atoms with Gasteiger partial charge in [-0.15, -0.1) is 0 Å². The van der Waals surface area contributed by atoms with Crippen LogP contribution in [0, 0.1) is 0 Å². The van der Waals surface area contributed by atoms with Crippen LogP contribution in [0.1, 0.15) is 17.7 Å². The molecule has 1 aliphatic rings. The van der Waals surface area contributed by atoms with Crippen LogP contribution in [-0.2, 0) is 22.5 Å². The van der Waals surface area contributed by atoms with E-state index in [-0.39, 0.29) is 5.91 Å². The number of anilines is 1. The van der Waals surface area contributed by atoms with Gasteiger partial charge in [-0.25, -0.2) is 0 Å². The number of aryl methyl sites for hydroxylation is 1. The van der Waals surface area contributed by atoms with Crippen molar-refractivity contribution in [2.75, 3.05) is 38.3 Å². The summed E-state index contributed by atoms with van der Waals surface area (Å²) in [7, 11) is 1.85. The Hall–Kier alpha value is -2.27. The third kappa shape index (κ3) is 4.38. The van der Waals surface area contributed by atoms with Crippen LogP contribution < -0.4 is 4.90 Å². The van der Waals surface area contributed by atoms with E-state index in [1.165, 1.54) is 5.69 Å². The summed E-state index contributed by atoms with van der Waals surface area (Å²) in [6.45, 7) is 4.07. The van der Waals surface area contributed by atoms with Gasteiger partial charge in [-0.05, 0) is 29.8 Å². The number of nitrogens with zero attached hydrogens (tertiary/aromatic N) is 2. The van der Waals surface area contributed by atoms with Crippen molar-refractivity contribution in [1.82, 2.24) is 4.90 Å². The fourth-order valence-electron chi connectivity index (χ4n) is 2.87. The third-order valence-corrected chi connectivity index (χ3v) is 4.32. The molecule has 0 saturated carbocycles. The van der Waals surface area contributed by atoms with Gasteiger partial charge in [0.15, 0.2) is 0 Å². The maximum absolute atomic E-state index is 12.2. The Morgan fingerprint density at radius 1 is 1.17 bits per heavy atom. The molecular weight excluding hydrogens is 304 g/mol. The number of furan rings is 1. The Kier molecular flexibility index (Phi) is 5.54. The van der Waals surface area contributed by atoms with E-state index in [9.17, 15) is 4.79 Å². The second-order valence-electron chi connectivity index (χ2n) is 6.10. The fourth-order valence-corrected chi connectivity index (χ4v) is 2.87. The molecule has 0 N–H and O–H groups in total. The Morgan fingerprint density at radius 3 is 2.58 bits per heavy atom. The molecule has 5 nitrogen and oxygen atoms in total. The first-order valence-electron chi connectivity index (χ1n) is 8.40. The van der Waals surface area contributed by atoms with Gasteiger partial charge < -0.3 is 19.0 Å².